The first-order valence-corrected chi connectivity index (χ1v) is 4.95. The van der Waals surface area contributed by atoms with Crippen LogP contribution in [0.1, 0.15) is 16.1 Å². The Balaban J connectivity index is 2.79. The average molecular weight is 235 g/mol. The number of fused-ring (bicyclic) bond motifs is 1. The van der Waals surface area contributed by atoms with Crippen LogP contribution in [0.2, 0.25) is 0 Å². The van der Waals surface area contributed by atoms with Gasteiger partial charge in [0.15, 0.2) is 0 Å². The van der Waals surface area contributed by atoms with Crippen molar-refractivity contribution < 1.29 is 13.9 Å². The minimum absolute atomic E-state index is 0.135. The van der Waals surface area contributed by atoms with E-state index in [4.69, 9.17) is 0 Å². The Morgan fingerprint density at radius 1 is 1.35 bits per heavy atom. The zero-order valence-electron chi connectivity index (χ0n) is 9.33. The molecule has 0 saturated carbocycles. The van der Waals surface area contributed by atoms with Crippen LogP contribution in [0.5, 0.6) is 0 Å². The van der Waals surface area contributed by atoms with Crippen molar-refractivity contribution in [3.8, 4) is 0 Å². The molecule has 0 fully saturated rings. The van der Waals surface area contributed by atoms with Crippen molar-refractivity contribution in [1.29, 1.82) is 0 Å². The third-order valence-corrected chi connectivity index (χ3v) is 2.55. The molecular formula is C12H10FNO3. The Kier molecular flexibility index (Phi) is 2.67. The zero-order valence-corrected chi connectivity index (χ0v) is 9.33. The predicted octanol–water partition coefficient (Wildman–Crippen LogP) is 1.76. The van der Waals surface area contributed by atoms with Gasteiger partial charge in [-0.2, -0.15) is 0 Å². The van der Waals surface area contributed by atoms with E-state index in [-0.39, 0.29) is 22.0 Å². The van der Waals surface area contributed by atoms with E-state index < -0.39 is 17.3 Å². The van der Waals surface area contributed by atoms with Crippen molar-refractivity contribution >= 4 is 16.7 Å². The van der Waals surface area contributed by atoms with Crippen molar-refractivity contribution in [2.24, 2.45) is 0 Å². The molecule has 2 aromatic rings. The second-order valence-corrected chi connectivity index (χ2v) is 3.65. The average Bonchev–Trinajstić information content (AvgIpc) is 2.34. The molecule has 88 valence electrons. The molecule has 0 bridgehead atoms. The number of aryl methyl sites for hydroxylation is 1. The van der Waals surface area contributed by atoms with Gasteiger partial charge in [-0.3, -0.25) is 4.79 Å². The molecule has 0 spiro atoms. The number of H-pyrrole nitrogens is 1. The highest BCUT2D eigenvalue weighted by molar-refractivity contribution is 5.95. The largest absolute Gasteiger partial charge is 0.465 e. The molecule has 2 rings (SSSR count). The van der Waals surface area contributed by atoms with E-state index in [1.165, 1.54) is 32.2 Å². The Labute approximate surface area is 96.0 Å². The van der Waals surface area contributed by atoms with Crippen molar-refractivity contribution in [3.05, 3.63) is 45.6 Å². The SMILES string of the molecule is COC(=O)c1ccc2c(F)c(C)[nH]c(=O)c2c1. The highest BCUT2D eigenvalue weighted by Gasteiger charge is 2.12. The third kappa shape index (κ3) is 1.80. The number of nitrogens with one attached hydrogen (secondary N) is 1. The molecule has 0 atom stereocenters. The molecule has 0 aliphatic carbocycles. The number of aromatic nitrogens is 1. The lowest BCUT2D eigenvalue weighted by Crippen LogP contribution is -2.11. The smallest absolute Gasteiger partial charge is 0.337 e. The van der Waals surface area contributed by atoms with Gasteiger partial charge in [-0.05, 0) is 19.1 Å². The van der Waals surface area contributed by atoms with E-state index in [2.05, 4.69) is 9.72 Å². The van der Waals surface area contributed by atoms with Crippen LogP contribution in [0.4, 0.5) is 4.39 Å². The van der Waals surface area contributed by atoms with Crippen molar-refractivity contribution in [3.63, 3.8) is 0 Å². The molecule has 4 nitrogen and oxygen atoms in total. The number of halogens is 1. The number of esters is 1. The van der Waals surface area contributed by atoms with Crippen LogP contribution in [0.25, 0.3) is 10.8 Å². The number of hydrogen-bond donors (Lipinski definition) is 1. The fourth-order valence-corrected chi connectivity index (χ4v) is 1.66. The molecule has 1 heterocycles. The molecular weight excluding hydrogens is 225 g/mol. The topological polar surface area (TPSA) is 59.2 Å². The summed E-state index contributed by atoms with van der Waals surface area (Å²) in [5.41, 5.74) is -0.0354. The predicted molar refractivity (Wildman–Crippen MR) is 60.6 cm³/mol. The molecule has 0 aliphatic heterocycles. The number of benzene rings is 1. The second-order valence-electron chi connectivity index (χ2n) is 3.65. The van der Waals surface area contributed by atoms with Gasteiger partial charge in [-0.25, -0.2) is 9.18 Å². The number of carbonyl (C=O) groups is 1. The van der Waals surface area contributed by atoms with Gasteiger partial charge in [0.2, 0.25) is 0 Å². The zero-order chi connectivity index (χ0) is 12.6. The maximum Gasteiger partial charge on any atom is 0.337 e. The molecule has 1 aromatic carbocycles. The molecule has 0 radical (unpaired) electrons. The maximum absolute atomic E-state index is 13.7. The molecule has 17 heavy (non-hydrogen) atoms. The lowest BCUT2D eigenvalue weighted by atomic mass is 10.1. The van der Waals surface area contributed by atoms with E-state index >= 15 is 0 Å². The highest BCUT2D eigenvalue weighted by atomic mass is 19.1. The minimum Gasteiger partial charge on any atom is -0.465 e. The first-order chi connectivity index (χ1) is 8.04. The van der Waals surface area contributed by atoms with Gasteiger partial charge in [-0.15, -0.1) is 0 Å². The number of pyridine rings is 1. The fraction of sp³-hybridized carbons (Fsp3) is 0.167. The van der Waals surface area contributed by atoms with Crippen LogP contribution in [0.15, 0.2) is 23.0 Å². The summed E-state index contributed by atoms with van der Waals surface area (Å²) in [7, 11) is 1.24. The van der Waals surface area contributed by atoms with E-state index in [1.54, 1.807) is 0 Å². The number of ether oxygens (including phenoxy) is 1. The van der Waals surface area contributed by atoms with Crippen LogP contribution in [-0.2, 0) is 4.74 Å². The van der Waals surface area contributed by atoms with Crippen LogP contribution in [-0.4, -0.2) is 18.1 Å². The van der Waals surface area contributed by atoms with Crippen LogP contribution >= 0.6 is 0 Å². The summed E-state index contributed by atoms with van der Waals surface area (Å²) in [6.07, 6.45) is 0. The van der Waals surface area contributed by atoms with Gasteiger partial charge in [-0.1, -0.05) is 6.07 Å². The monoisotopic (exact) mass is 235 g/mol. The van der Waals surface area contributed by atoms with Gasteiger partial charge in [0.1, 0.15) is 5.82 Å². The Hall–Kier alpha value is -2.17. The molecule has 5 heteroatoms. The Morgan fingerprint density at radius 2 is 2.06 bits per heavy atom. The summed E-state index contributed by atoms with van der Waals surface area (Å²) in [5, 5.41) is 0.329. The summed E-state index contributed by atoms with van der Waals surface area (Å²) >= 11 is 0. The summed E-state index contributed by atoms with van der Waals surface area (Å²) in [6.45, 7) is 1.48. The lowest BCUT2D eigenvalue weighted by Gasteiger charge is -2.04. The number of rotatable bonds is 1. The number of carbonyl (C=O) groups excluding carboxylic acids is 1. The summed E-state index contributed by atoms with van der Waals surface area (Å²) < 4.78 is 18.2. The molecule has 1 aromatic heterocycles. The van der Waals surface area contributed by atoms with Gasteiger partial charge in [0, 0.05) is 5.39 Å². The van der Waals surface area contributed by atoms with Crippen molar-refractivity contribution in [2.45, 2.75) is 6.92 Å². The maximum atomic E-state index is 13.7. The first-order valence-electron chi connectivity index (χ1n) is 4.95. The van der Waals surface area contributed by atoms with Crippen molar-refractivity contribution in [1.82, 2.24) is 4.98 Å². The molecule has 0 saturated heterocycles. The van der Waals surface area contributed by atoms with Crippen molar-refractivity contribution in [2.75, 3.05) is 7.11 Å². The summed E-state index contributed by atoms with van der Waals surface area (Å²) in [5.74, 6) is -1.05. The molecule has 0 amide bonds. The van der Waals surface area contributed by atoms with Gasteiger partial charge >= 0.3 is 5.97 Å². The number of methoxy groups -OCH3 is 1. The molecule has 1 N–H and O–H groups in total. The quantitative estimate of drug-likeness (QED) is 0.766. The first kappa shape index (κ1) is 11.3. The van der Waals surface area contributed by atoms with Gasteiger partial charge in [0.05, 0.1) is 23.8 Å². The standard InChI is InChI=1S/C12H10FNO3/c1-6-10(13)8-4-3-7(12(16)17-2)5-9(8)11(15)14-6/h3-5H,1-2H3,(H,14,15). The Morgan fingerprint density at radius 3 is 2.71 bits per heavy atom. The van der Waals surface area contributed by atoms with Crippen LogP contribution < -0.4 is 5.56 Å². The van der Waals surface area contributed by atoms with E-state index in [0.717, 1.165) is 0 Å². The summed E-state index contributed by atoms with van der Waals surface area (Å²) in [4.78, 5) is 25.3. The highest BCUT2D eigenvalue weighted by Crippen LogP contribution is 2.17. The summed E-state index contributed by atoms with van der Waals surface area (Å²) in [6, 6.07) is 4.15. The lowest BCUT2D eigenvalue weighted by molar-refractivity contribution is 0.0601. The third-order valence-electron chi connectivity index (χ3n) is 2.55. The molecule has 0 aliphatic rings. The second kappa shape index (κ2) is 4.01. The fourth-order valence-electron chi connectivity index (χ4n) is 1.66. The van der Waals surface area contributed by atoms with Crippen LogP contribution in [0, 0.1) is 12.7 Å². The number of aromatic amines is 1. The minimum atomic E-state index is -0.563. The van der Waals surface area contributed by atoms with Gasteiger partial charge < -0.3 is 9.72 Å². The normalized spacial score (nSPS) is 10.5. The van der Waals surface area contributed by atoms with Crippen LogP contribution in [0.3, 0.4) is 0 Å². The van der Waals surface area contributed by atoms with E-state index in [1.807, 2.05) is 0 Å². The number of hydrogen-bond acceptors (Lipinski definition) is 3. The van der Waals surface area contributed by atoms with E-state index in [9.17, 15) is 14.0 Å². The van der Waals surface area contributed by atoms with E-state index in [0.29, 0.717) is 0 Å². The van der Waals surface area contributed by atoms with Gasteiger partial charge in [0.25, 0.3) is 5.56 Å². The molecule has 0 unspecified atom stereocenters. The Bertz CT molecular complexity index is 661.